The van der Waals surface area contributed by atoms with Gasteiger partial charge in [0.25, 0.3) is 5.91 Å². The Morgan fingerprint density at radius 3 is 2.66 bits per heavy atom. The molecular formula is C25H29N5O2. The summed E-state index contributed by atoms with van der Waals surface area (Å²) in [5, 5.41) is 21.4. The number of allylic oxidation sites excluding steroid dienone is 1. The first kappa shape index (κ1) is 20.1. The van der Waals surface area contributed by atoms with E-state index in [4.69, 9.17) is 4.99 Å². The number of carbonyl (C=O) groups excluding carboxylic acids is 2. The van der Waals surface area contributed by atoms with Crippen LogP contribution in [0.1, 0.15) is 71.1 Å². The Balaban J connectivity index is 1.64. The summed E-state index contributed by atoms with van der Waals surface area (Å²) in [6, 6.07) is 5.07. The van der Waals surface area contributed by atoms with Gasteiger partial charge in [-0.2, -0.15) is 10.5 Å². The van der Waals surface area contributed by atoms with Crippen LogP contribution in [0.2, 0.25) is 0 Å². The molecule has 1 amide bonds. The van der Waals surface area contributed by atoms with Gasteiger partial charge in [0, 0.05) is 30.4 Å². The van der Waals surface area contributed by atoms with E-state index < -0.39 is 16.7 Å². The number of piperidine rings is 2. The zero-order chi connectivity index (χ0) is 22.3. The molecule has 7 heteroatoms. The second kappa shape index (κ2) is 6.75. The summed E-state index contributed by atoms with van der Waals surface area (Å²) >= 11 is 0. The highest BCUT2D eigenvalue weighted by atomic mass is 16.2. The molecule has 0 N–H and O–H groups in total. The van der Waals surface area contributed by atoms with Gasteiger partial charge < -0.3 is 0 Å². The van der Waals surface area contributed by atoms with Crippen molar-refractivity contribution in [3.8, 4) is 12.1 Å². The molecule has 6 unspecified atom stereocenters. The summed E-state index contributed by atoms with van der Waals surface area (Å²) in [7, 11) is 0. The highest BCUT2D eigenvalue weighted by Crippen LogP contribution is 2.68. The lowest BCUT2D eigenvalue weighted by molar-refractivity contribution is -0.160. The topological polar surface area (TPSA) is 101 Å². The molecule has 7 nitrogen and oxygen atoms in total. The van der Waals surface area contributed by atoms with Gasteiger partial charge in [-0.15, -0.1) is 0 Å². The van der Waals surface area contributed by atoms with Crippen LogP contribution in [0, 0.1) is 45.3 Å². The Hall–Kier alpha value is -2.51. The molecule has 3 aliphatic carbocycles. The maximum atomic E-state index is 14.4. The van der Waals surface area contributed by atoms with Gasteiger partial charge in [-0.25, -0.2) is 0 Å². The highest BCUT2D eigenvalue weighted by molar-refractivity contribution is 6.15. The first-order valence-corrected chi connectivity index (χ1v) is 12.3. The SMILES string of the molecule is CCCCN1C2CCCC1N1C(=O)C3(C#N)C4CCCC3C(C#N)(C1=N2)C1=C4C(=O)CC1. The van der Waals surface area contributed by atoms with Gasteiger partial charge >= 0.3 is 0 Å². The molecule has 0 aromatic carbocycles. The molecule has 0 aromatic heterocycles. The Morgan fingerprint density at radius 1 is 1.09 bits per heavy atom. The van der Waals surface area contributed by atoms with Crippen molar-refractivity contribution in [1.82, 2.24) is 9.80 Å². The molecular weight excluding hydrogens is 402 g/mol. The molecule has 0 aromatic rings. The maximum absolute atomic E-state index is 14.4. The molecule has 0 radical (unpaired) electrons. The number of hydrogen-bond donors (Lipinski definition) is 0. The molecule has 3 heterocycles. The van der Waals surface area contributed by atoms with Crippen LogP contribution in [-0.2, 0) is 9.59 Å². The Morgan fingerprint density at radius 2 is 1.91 bits per heavy atom. The Bertz CT molecular complexity index is 1060. The molecule has 1 saturated carbocycles. The molecule has 0 spiro atoms. The van der Waals surface area contributed by atoms with Crippen LogP contribution >= 0.6 is 0 Å². The fourth-order valence-electron chi connectivity index (χ4n) is 7.98. The molecule has 6 bridgehead atoms. The number of aliphatic imine (C=N–C) groups is 1. The van der Waals surface area contributed by atoms with E-state index in [1.54, 1.807) is 4.90 Å². The van der Waals surface area contributed by atoms with Crippen molar-refractivity contribution in [1.29, 1.82) is 10.5 Å². The van der Waals surface area contributed by atoms with Crippen molar-refractivity contribution in [2.24, 2.45) is 27.7 Å². The predicted molar refractivity (Wildman–Crippen MR) is 116 cm³/mol. The predicted octanol–water partition coefficient (Wildman–Crippen LogP) is 3.29. The van der Waals surface area contributed by atoms with Crippen LogP contribution in [-0.4, -0.2) is 46.2 Å². The van der Waals surface area contributed by atoms with E-state index in [1.807, 2.05) is 0 Å². The summed E-state index contributed by atoms with van der Waals surface area (Å²) in [5.41, 5.74) is -0.917. The molecule has 6 aliphatic rings. The van der Waals surface area contributed by atoms with Gasteiger partial charge in [0.15, 0.2) is 5.78 Å². The molecule has 32 heavy (non-hydrogen) atoms. The molecule has 3 fully saturated rings. The number of carbonyl (C=O) groups is 2. The normalized spacial score (nSPS) is 42.1. The molecule has 6 atom stereocenters. The standard InChI is InChI=1S/C25H29N5O2/c1-2-3-12-29-19-8-5-9-20(29)30-22(28-19)24(13-26)16-10-11-17(31)21(16)15-6-4-7-18(24)25(15,14-27)23(30)32/h15,18-20H,2-12H2,1H3. The Labute approximate surface area is 188 Å². The van der Waals surface area contributed by atoms with Crippen LogP contribution < -0.4 is 0 Å². The first-order chi connectivity index (χ1) is 15.6. The van der Waals surface area contributed by atoms with E-state index >= 15 is 0 Å². The lowest BCUT2D eigenvalue weighted by Crippen LogP contribution is -2.76. The summed E-state index contributed by atoms with van der Waals surface area (Å²) in [6.07, 6.45) is 7.80. The van der Waals surface area contributed by atoms with Gasteiger partial charge in [-0.1, -0.05) is 19.8 Å². The molecule has 2 saturated heterocycles. The average Bonchev–Trinajstić information content (AvgIpc) is 3.18. The minimum atomic E-state index is -1.33. The quantitative estimate of drug-likeness (QED) is 0.682. The third-order valence-corrected chi connectivity index (χ3v) is 9.20. The van der Waals surface area contributed by atoms with Crippen LogP contribution in [0.3, 0.4) is 0 Å². The fraction of sp³-hybridized carbons (Fsp3) is 0.720. The summed E-state index contributed by atoms with van der Waals surface area (Å²) in [4.78, 5) is 36.6. The van der Waals surface area contributed by atoms with E-state index in [2.05, 4.69) is 24.0 Å². The molecule has 166 valence electrons. The van der Waals surface area contributed by atoms with E-state index in [0.717, 1.165) is 50.6 Å². The van der Waals surface area contributed by atoms with Crippen LogP contribution in [0.4, 0.5) is 0 Å². The van der Waals surface area contributed by atoms with Crippen molar-refractivity contribution in [3.63, 3.8) is 0 Å². The number of nitrogens with zero attached hydrogens (tertiary/aromatic N) is 5. The number of hydrogen-bond acceptors (Lipinski definition) is 6. The van der Waals surface area contributed by atoms with E-state index in [-0.39, 0.29) is 29.9 Å². The van der Waals surface area contributed by atoms with E-state index in [9.17, 15) is 20.1 Å². The third kappa shape index (κ3) is 2.07. The second-order valence-electron chi connectivity index (χ2n) is 10.4. The van der Waals surface area contributed by atoms with Gasteiger partial charge in [-0.3, -0.25) is 24.4 Å². The maximum Gasteiger partial charge on any atom is 0.250 e. The number of nitriles is 2. The first-order valence-electron chi connectivity index (χ1n) is 12.3. The van der Waals surface area contributed by atoms with Crippen LogP contribution in [0.15, 0.2) is 16.1 Å². The lowest BCUT2D eigenvalue weighted by Gasteiger charge is -2.64. The minimum absolute atomic E-state index is 0.0263. The van der Waals surface area contributed by atoms with Crippen molar-refractivity contribution in [2.75, 3.05) is 6.54 Å². The van der Waals surface area contributed by atoms with Crippen molar-refractivity contribution in [3.05, 3.63) is 11.1 Å². The smallest absolute Gasteiger partial charge is 0.250 e. The summed E-state index contributed by atoms with van der Waals surface area (Å²) < 4.78 is 0. The van der Waals surface area contributed by atoms with E-state index in [0.29, 0.717) is 37.1 Å². The van der Waals surface area contributed by atoms with Gasteiger partial charge in [0.2, 0.25) is 0 Å². The second-order valence-corrected chi connectivity index (χ2v) is 10.4. The van der Waals surface area contributed by atoms with Crippen molar-refractivity contribution >= 4 is 17.5 Å². The molecule has 6 rings (SSSR count). The number of amides is 1. The summed E-state index contributed by atoms with van der Waals surface area (Å²) in [5.74, 6) is -0.383. The fourth-order valence-corrected chi connectivity index (χ4v) is 7.98. The molecule has 3 aliphatic heterocycles. The van der Waals surface area contributed by atoms with Crippen LogP contribution in [0.25, 0.3) is 0 Å². The zero-order valence-electron chi connectivity index (χ0n) is 18.6. The lowest BCUT2D eigenvalue weighted by atomic mass is 9.43. The van der Waals surface area contributed by atoms with Gasteiger partial charge in [0.1, 0.15) is 22.8 Å². The number of amidine groups is 1. The monoisotopic (exact) mass is 431 g/mol. The minimum Gasteiger partial charge on any atom is -0.295 e. The van der Waals surface area contributed by atoms with E-state index in [1.165, 1.54) is 0 Å². The number of unbranched alkanes of at least 4 members (excludes halogenated alkanes) is 1. The zero-order valence-corrected chi connectivity index (χ0v) is 18.6. The largest absolute Gasteiger partial charge is 0.295 e. The third-order valence-electron chi connectivity index (χ3n) is 9.20. The van der Waals surface area contributed by atoms with Crippen molar-refractivity contribution in [2.45, 2.75) is 83.5 Å². The number of Topliss-reactive ketones (excluding diaryl/α,β-unsaturated/α-hetero) is 1. The summed E-state index contributed by atoms with van der Waals surface area (Å²) in [6.45, 7) is 3.03. The van der Waals surface area contributed by atoms with Gasteiger partial charge in [-0.05, 0) is 50.5 Å². The number of rotatable bonds is 3. The van der Waals surface area contributed by atoms with Crippen LogP contribution in [0.5, 0.6) is 0 Å². The van der Waals surface area contributed by atoms with Gasteiger partial charge in [0.05, 0.1) is 18.3 Å². The number of fused-ring (bicyclic) bond motifs is 7. The average molecular weight is 432 g/mol. The van der Waals surface area contributed by atoms with Crippen molar-refractivity contribution < 1.29 is 9.59 Å². The highest BCUT2D eigenvalue weighted by Gasteiger charge is 2.75. The Kier molecular flexibility index (Phi) is 4.24. The number of ketones is 1.